The van der Waals surface area contributed by atoms with Crippen LogP contribution in [0.3, 0.4) is 0 Å². The van der Waals surface area contributed by atoms with Gasteiger partial charge in [-0.05, 0) is 19.3 Å². The molecule has 0 aliphatic heterocycles. The summed E-state index contributed by atoms with van der Waals surface area (Å²) in [6.07, 6.45) is 5.41. The molecule has 1 rings (SSSR count). The third-order valence-corrected chi connectivity index (χ3v) is 3.72. The first-order valence-corrected chi connectivity index (χ1v) is 6.59. The van der Waals surface area contributed by atoms with E-state index in [0.717, 1.165) is 19.3 Å². The third-order valence-electron chi connectivity index (χ3n) is 3.72. The Morgan fingerprint density at radius 1 is 1.29 bits per heavy atom. The van der Waals surface area contributed by atoms with Crippen molar-refractivity contribution in [2.45, 2.75) is 52.0 Å². The predicted octanol–water partition coefficient (Wildman–Crippen LogP) is 1.33. The maximum atomic E-state index is 11.9. The Balaban J connectivity index is 2.56. The number of amides is 1. The largest absolute Gasteiger partial charge is 0.369 e. The van der Waals surface area contributed by atoms with Crippen LogP contribution in [0.25, 0.3) is 0 Å². The van der Waals surface area contributed by atoms with Gasteiger partial charge in [0.15, 0.2) is 0 Å². The van der Waals surface area contributed by atoms with Gasteiger partial charge >= 0.3 is 0 Å². The number of nitrogens with zero attached hydrogens (tertiary/aromatic N) is 1. The van der Waals surface area contributed by atoms with E-state index in [4.69, 9.17) is 5.73 Å². The summed E-state index contributed by atoms with van der Waals surface area (Å²) in [5.74, 6) is -0.0405. The van der Waals surface area contributed by atoms with Gasteiger partial charge in [0, 0.05) is 12.0 Å². The van der Waals surface area contributed by atoms with Crippen LogP contribution >= 0.6 is 0 Å². The summed E-state index contributed by atoms with van der Waals surface area (Å²) in [7, 11) is 0. The highest BCUT2D eigenvalue weighted by Gasteiger charge is 2.26. The molecule has 98 valence electrons. The van der Waals surface area contributed by atoms with Crippen LogP contribution in [0.15, 0.2) is 0 Å². The van der Waals surface area contributed by atoms with Crippen LogP contribution in [0.2, 0.25) is 0 Å². The number of primary amides is 1. The van der Waals surface area contributed by atoms with Gasteiger partial charge in [-0.15, -0.1) is 0 Å². The third kappa shape index (κ3) is 4.46. The fraction of sp³-hybridized carbons (Fsp3) is 0.846. The van der Waals surface area contributed by atoms with Gasteiger partial charge in [-0.1, -0.05) is 26.7 Å². The van der Waals surface area contributed by atoms with E-state index in [0.29, 0.717) is 12.6 Å². The normalized spacial score (nSPS) is 18.5. The lowest BCUT2D eigenvalue weighted by Crippen LogP contribution is -2.44. The molecule has 4 nitrogen and oxygen atoms in total. The number of hydrogen-bond donors (Lipinski definition) is 1. The van der Waals surface area contributed by atoms with Gasteiger partial charge < -0.3 is 5.73 Å². The lowest BCUT2D eigenvalue weighted by molar-refractivity contribution is -0.125. The average molecular weight is 240 g/mol. The molecule has 0 saturated heterocycles. The lowest BCUT2D eigenvalue weighted by atomic mass is 10.0. The van der Waals surface area contributed by atoms with E-state index in [-0.39, 0.29) is 24.2 Å². The van der Waals surface area contributed by atoms with Crippen molar-refractivity contribution in [1.82, 2.24) is 4.90 Å². The molecule has 1 saturated carbocycles. The van der Waals surface area contributed by atoms with Gasteiger partial charge in [0.1, 0.15) is 5.78 Å². The number of hydrogen-bond acceptors (Lipinski definition) is 3. The smallest absolute Gasteiger partial charge is 0.231 e. The van der Waals surface area contributed by atoms with Gasteiger partial charge in [-0.25, -0.2) is 0 Å². The molecule has 1 fully saturated rings. The minimum atomic E-state index is -0.339. The van der Waals surface area contributed by atoms with Gasteiger partial charge in [-0.2, -0.15) is 0 Å². The van der Waals surface area contributed by atoms with Crippen LogP contribution in [0.5, 0.6) is 0 Å². The molecule has 0 aromatic carbocycles. The summed E-state index contributed by atoms with van der Waals surface area (Å²) < 4.78 is 0. The molecule has 0 bridgehead atoms. The Morgan fingerprint density at radius 3 is 2.35 bits per heavy atom. The second-order valence-electron chi connectivity index (χ2n) is 5.09. The number of rotatable bonds is 7. The highest BCUT2D eigenvalue weighted by Crippen LogP contribution is 2.23. The summed E-state index contributed by atoms with van der Waals surface area (Å²) in [6, 6.07) is 0.371. The van der Waals surface area contributed by atoms with E-state index >= 15 is 0 Å². The number of carbonyl (C=O) groups excluding carboxylic acids is 2. The van der Waals surface area contributed by atoms with E-state index in [1.165, 1.54) is 12.8 Å². The number of carbonyl (C=O) groups is 2. The number of nitrogens with two attached hydrogens (primary N) is 1. The van der Waals surface area contributed by atoms with Crippen molar-refractivity contribution in [2.75, 3.05) is 13.1 Å². The van der Waals surface area contributed by atoms with Gasteiger partial charge in [0.2, 0.25) is 5.91 Å². The van der Waals surface area contributed by atoms with Crippen molar-refractivity contribution in [2.24, 2.45) is 11.7 Å². The molecular formula is C13H24N2O2. The van der Waals surface area contributed by atoms with Crippen molar-refractivity contribution in [3.63, 3.8) is 0 Å². The topological polar surface area (TPSA) is 63.4 Å². The second-order valence-corrected chi connectivity index (χ2v) is 5.09. The zero-order valence-corrected chi connectivity index (χ0v) is 10.9. The first-order valence-electron chi connectivity index (χ1n) is 6.59. The van der Waals surface area contributed by atoms with Crippen LogP contribution in [0.1, 0.15) is 46.0 Å². The van der Waals surface area contributed by atoms with Crippen molar-refractivity contribution in [3.05, 3.63) is 0 Å². The summed E-state index contributed by atoms with van der Waals surface area (Å²) in [5.41, 5.74) is 5.25. The van der Waals surface area contributed by atoms with Crippen LogP contribution in [0, 0.1) is 5.92 Å². The molecule has 4 heteroatoms. The Bertz CT molecular complexity index is 273. The lowest BCUT2D eigenvalue weighted by Gasteiger charge is -2.27. The Hall–Kier alpha value is -0.900. The standard InChI is InChI=1S/C13H24N2O2/c1-3-10(2)12(16)8-15(9-13(14)17)11-6-4-5-7-11/h10-11H,3-9H2,1-2H3,(H2,14,17). The van der Waals surface area contributed by atoms with Crippen LogP contribution in [0.4, 0.5) is 0 Å². The summed E-state index contributed by atoms with van der Waals surface area (Å²) in [5, 5.41) is 0. The zero-order chi connectivity index (χ0) is 12.8. The van der Waals surface area contributed by atoms with E-state index in [1.54, 1.807) is 0 Å². The highest BCUT2D eigenvalue weighted by atomic mass is 16.1. The SMILES string of the molecule is CCC(C)C(=O)CN(CC(N)=O)C1CCCC1. The quantitative estimate of drug-likeness (QED) is 0.730. The summed E-state index contributed by atoms with van der Waals surface area (Å²) >= 11 is 0. The second kappa shape index (κ2) is 6.74. The van der Waals surface area contributed by atoms with Crippen molar-refractivity contribution < 1.29 is 9.59 Å². The molecule has 1 atom stereocenters. The van der Waals surface area contributed by atoms with Crippen LogP contribution < -0.4 is 5.73 Å². The Kier molecular flexibility index (Phi) is 5.62. The summed E-state index contributed by atoms with van der Waals surface area (Å²) in [6.45, 7) is 4.55. The fourth-order valence-electron chi connectivity index (χ4n) is 2.37. The Labute approximate surface area is 104 Å². The molecule has 1 aliphatic rings. The van der Waals surface area contributed by atoms with E-state index < -0.39 is 0 Å². The molecule has 1 amide bonds. The van der Waals surface area contributed by atoms with Crippen molar-refractivity contribution >= 4 is 11.7 Å². The fourth-order valence-corrected chi connectivity index (χ4v) is 2.37. The minimum Gasteiger partial charge on any atom is -0.369 e. The van der Waals surface area contributed by atoms with E-state index in [1.807, 2.05) is 18.7 Å². The Morgan fingerprint density at radius 2 is 1.88 bits per heavy atom. The van der Waals surface area contributed by atoms with Crippen molar-refractivity contribution in [3.8, 4) is 0 Å². The number of ketones is 1. The molecule has 17 heavy (non-hydrogen) atoms. The zero-order valence-electron chi connectivity index (χ0n) is 10.9. The molecule has 0 spiro atoms. The number of Topliss-reactive ketones (excluding diaryl/α,β-unsaturated/α-hetero) is 1. The minimum absolute atomic E-state index is 0.0757. The highest BCUT2D eigenvalue weighted by molar-refractivity contribution is 5.83. The van der Waals surface area contributed by atoms with Crippen molar-refractivity contribution in [1.29, 1.82) is 0 Å². The molecule has 1 unspecified atom stereocenters. The predicted molar refractivity (Wildman–Crippen MR) is 67.5 cm³/mol. The molecule has 2 N–H and O–H groups in total. The molecule has 0 radical (unpaired) electrons. The van der Waals surface area contributed by atoms with Gasteiger partial charge in [0.05, 0.1) is 13.1 Å². The average Bonchev–Trinajstić information content (AvgIpc) is 2.79. The van der Waals surface area contributed by atoms with Crippen LogP contribution in [-0.2, 0) is 9.59 Å². The molecule has 0 aromatic heterocycles. The van der Waals surface area contributed by atoms with Crippen LogP contribution in [-0.4, -0.2) is 35.7 Å². The van der Waals surface area contributed by atoms with E-state index in [9.17, 15) is 9.59 Å². The summed E-state index contributed by atoms with van der Waals surface area (Å²) in [4.78, 5) is 25.0. The molecule has 0 heterocycles. The van der Waals surface area contributed by atoms with E-state index in [2.05, 4.69) is 0 Å². The molecule has 0 aromatic rings. The first-order chi connectivity index (χ1) is 8.04. The molecular weight excluding hydrogens is 216 g/mol. The molecule has 1 aliphatic carbocycles. The van der Waals surface area contributed by atoms with Gasteiger partial charge in [-0.3, -0.25) is 14.5 Å². The monoisotopic (exact) mass is 240 g/mol. The first kappa shape index (κ1) is 14.2. The maximum absolute atomic E-state index is 11.9. The van der Waals surface area contributed by atoms with Gasteiger partial charge in [0.25, 0.3) is 0 Å². The maximum Gasteiger partial charge on any atom is 0.231 e.